The fraction of sp³-hybridized carbons (Fsp3) is 0.226. The lowest BCUT2D eigenvalue weighted by atomic mass is 9.86. The predicted molar refractivity (Wildman–Crippen MR) is 157 cm³/mol. The van der Waals surface area contributed by atoms with E-state index in [1.54, 1.807) is 6.07 Å². The van der Waals surface area contributed by atoms with Gasteiger partial charge in [-0.25, -0.2) is 0 Å². The maximum Gasteiger partial charge on any atom is 0.430 e. The van der Waals surface area contributed by atoms with Gasteiger partial charge in [0.25, 0.3) is 5.91 Å². The van der Waals surface area contributed by atoms with Crippen molar-refractivity contribution < 1.29 is 32.8 Å². The van der Waals surface area contributed by atoms with Gasteiger partial charge in [-0.2, -0.15) is 13.2 Å². The molecule has 42 heavy (non-hydrogen) atoms. The largest absolute Gasteiger partial charge is 0.542 e. The monoisotopic (exact) mass is 638 g/mol. The molecule has 0 fully saturated rings. The molecule has 0 aromatic heterocycles. The van der Waals surface area contributed by atoms with E-state index in [4.69, 9.17) is 44.7 Å². The minimum absolute atomic E-state index is 0.0457. The molecule has 0 bridgehead atoms. The summed E-state index contributed by atoms with van der Waals surface area (Å²) in [7, 11) is 0. The number of carbonyl (C=O) groups is 2. The van der Waals surface area contributed by atoms with E-state index in [2.05, 4.69) is 17.7 Å². The number of halogens is 6. The number of carboxylic acids is 1. The molecule has 3 aromatic carbocycles. The number of amides is 1. The quantitative estimate of drug-likeness (QED) is 0.322. The van der Waals surface area contributed by atoms with Crippen molar-refractivity contribution in [3.63, 3.8) is 0 Å². The average molecular weight is 640 g/mol. The molecule has 0 saturated carbocycles. The average Bonchev–Trinajstić information content (AvgIpc) is 3.46. The summed E-state index contributed by atoms with van der Waals surface area (Å²) >= 11 is 18.5. The fourth-order valence-electron chi connectivity index (χ4n) is 4.39. The molecule has 2 atom stereocenters. The highest BCUT2D eigenvalue weighted by molar-refractivity contribution is 6.31. The Kier molecular flexibility index (Phi) is 12.1. The fourth-order valence-corrected chi connectivity index (χ4v) is 4.81. The molecule has 0 spiro atoms. The Labute approximate surface area is 257 Å². The molecule has 3 aromatic rings. The van der Waals surface area contributed by atoms with E-state index in [1.165, 1.54) is 4.90 Å². The molecule has 0 radical (unpaired) electrons. The maximum atomic E-state index is 13.5. The van der Waals surface area contributed by atoms with Gasteiger partial charge in [0, 0.05) is 39.0 Å². The van der Waals surface area contributed by atoms with E-state index in [1.807, 2.05) is 79.7 Å². The number of alkyl halides is 3. The van der Waals surface area contributed by atoms with Crippen LogP contribution in [-0.4, -0.2) is 30.6 Å². The van der Waals surface area contributed by atoms with Crippen molar-refractivity contribution in [1.29, 1.82) is 0 Å². The van der Waals surface area contributed by atoms with Crippen LogP contribution >= 0.6 is 34.8 Å². The Hall–Kier alpha value is -3.30. The molecule has 0 aliphatic carbocycles. The lowest BCUT2D eigenvalue weighted by molar-refractivity contribution is -0.787. The zero-order valence-electron chi connectivity index (χ0n) is 22.4. The second-order valence-corrected chi connectivity index (χ2v) is 10.9. The van der Waals surface area contributed by atoms with Crippen LogP contribution in [0.5, 0.6) is 0 Å². The first-order valence-electron chi connectivity index (χ1n) is 12.9. The van der Waals surface area contributed by atoms with Gasteiger partial charge in [0.1, 0.15) is 5.97 Å². The highest BCUT2D eigenvalue weighted by atomic mass is 35.5. The molecule has 222 valence electrons. The van der Waals surface area contributed by atoms with Crippen LogP contribution in [0.15, 0.2) is 91.3 Å². The van der Waals surface area contributed by atoms with Gasteiger partial charge in [-0.15, -0.1) is 0 Å². The standard InChI is InChI=1S/C29H27Cl3N2O.C2HF3O2/c1-20(27(22-6-11-25(31)12-7-22)18-21-4-9-24(30)10-5-21)33-29(35)28-19-26(32)13-8-23(28)14-17-34-15-2-3-16-34;3-2(4,5)1(6)7/h2-13,15-16,19-20,27H,14,17-18H2,1H3,(H,33,35);(H,6,7)/t20-,27+;/m1./s1. The van der Waals surface area contributed by atoms with Crippen LogP contribution in [-0.2, 0) is 17.6 Å². The van der Waals surface area contributed by atoms with Crippen molar-refractivity contribution in [2.45, 2.75) is 37.9 Å². The number of hydrogen-bond acceptors (Lipinski definition) is 3. The first kappa shape index (κ1) is 33.2. The van der Waals surface area contributed by atoms with E-state index >= 15 is 0 Å². The van der Waals surface area contributed by atoms with E-state index in [-0.39, 0.29) is 17.9 Å². The van der Waals surface area contributed by atoms with Crippen molar-refractivity contribution in [2.24, 2.45) is 0 Å². The number of allylic oxidation sites excluding steroid dienone is 2. The highest BCUT2D eigenvalue weighted by Crippen LogP contribution is 2.27. The van der Waals surface area contributed by atoms with Crippen LogP contribution in [0.2, 0.25) is 15.1 Å². The SMILES string of the molecule is C[C@@H](NC(=O)c1cc(Cl)ccc1CC[NH+]1C=CC=C1)[C@H](Cc1ccc(Cl)cc1)c1ccc(Cl)cc1.O=C([O-])C(F)(F)F. The number of quaternary nitrogens is 1. The number of nitrogens with one attached hydrogen (secondary N) is 2. The summed E-state index contributed by atoms with van der Waals surface area (Å²) < 4.78 is 31.5. The Morgan fingerprint density at radius 3 is 1.95 bits per heavy atom. The van der Waals surface area contributed by atoms with Crippen molar-refractivity contribution >= 4 is 46.7 Å². The number of carboxylic acid groups (broad SMARTS) is 1. The molecule has 0 unspecified atom stereocenters. The second kappa shape index (κ2) is 15.3. The normalized spacial score (nSPS) is 14.2. The van der Waals surface area contributed by atoms with Gasteiger partial charge in [-0.1, -0.05) is 65.1 Å². The Bertz CT molecular complexity index is 1410. The molecule has 11 heteroatoms. The van der Waals surface area contributed by atoms with Crippen molar-refractivity contribution in [3.05, 3.63) is 129 Å². The molecule has 1 aliphatic heterocycles. The summed E-state index contributed by atoms with van der Waals surface area (Å²) in [6.45, 7) is 2.91. The Balaban J connectivity index is 0.000000616. The number of carbonyl (C=O) groups excluding carboxylic acids is 2. The predicted octanol–water partition coefficient (Wildman–Crippen LogP) is 5.56. The molecular formula is C31H28Cl3F3N2O3. The Morgan fingerprint density at radius 2 is 1.40 bits per heavy atom. The number of aliphatic carboxylic acids is 1. The molecule has 0 saturated heterocycles. The van der Waals surface area contributed by atoms with E-state index < -0.39 is 12.1 Å². The van der Waals surface area contributed by atoms with E-state index in [9.17, 15) is 18.0 Å². The lowest BCUT2D eigenvalue weighted by Gasteiger charge is -2.26. The van der Waals surface area contributed by atoms with Gasteiger partial charge in [-0.05, 0) is 78.6 Å². The van der Waals surface area contributed by atoms with Crippen molar-refractivity contribution in [3.8, 4) is 0 Å². The number of rotatable bonds is 9. The first-order chi connectivity index (χ1) is 19.8. The summed E-state index contributed by atoms with van der Waals surface area (Å²) in [6, 6.07) is 21.1. The minimum Gasteiger partial charge on any atom is -0.542 e. The van der Waals surface area contributed by atoms with Gasteiger partial charge in [-0.3, -0.25) is 9.69 Å². The lowest BCUT2D eigenvalue weighted by Crippen LogP contribution is -3.02. The van der Waals surface area contributed by atoms with E-state index in [0.717, 1.165) is 36.1 Å². The van der Waals surface area contributed by atoms with Crippen molar-refractivity contribution in [2.75, 3.05) is 6.54 Å². The van der Waals surface area contributed by atoms with Crippen LogP contribution < -0.4 is 15.3 Å². The second-order valence-electron chi connectivity index (χ2n) is 9.63. The van der Waals surface area contributed by atoms with E-state index in [0.29, 0.717) is 20.6 Å². The molecule has 2 N–H and O–H groups in total. The summed E-state index contributed by atoms with van der Waals surface area (Å²) in [6.07, 6.45) is 4.59. The maximum absolute atomic E-state index is 13.5. The minimum atomic E-state index is -5.19. The first-order valence-corrected chi connectivity index (χ1v) is 14.0. The third-order valence-electron chi connectivity index (χ3n) is 6.59. The molecule has 1 amide bonds. The zero-order valence-corrected chi connectivity index (χ0v) is 24.7. The molecule has 1 heterocycles. The molecule has 1 aliphatic rings. The smallest absolute Gasteiger partial charge is 0.430 e. The van der Waals surface area contributed by atoms with Crippen LogP contribution in [0.4, 0.5) is 13.2 Å². The highest BCUT2D eigenvalue weighted by Gasteiger charge is 2.29. The van der Waals surface area contributed by atoms with Crippen molar-refractivity contribution in [1.82, 2.24) is 5.32 Å². The number of benzene rings is 3. The van der Waals surface area contributed by atoms with Gasteiger partial charge in [0.05, 0.1) is 18.9 Å². The van der Waals surface area contributed by atoms with Crippen LogP contribution in [0.3, 0.4) is 0 Å². The van der Waals surface area contributed by atoms with Crippen LogP contribution in [0.1, 0.15) is 39.9 Å². The van der Waals surface area contributed by atoms with Gasteiger partial charge in [0.2, 0.25) is 0 Å². The molecule has 5 nitrogen and oxygen atoms in total. The van der Waals surface area contributed by atoms with Crippen LogP contribution in [0.25, 0.3) is 0 Å². The third-order valence-corrected chi connectivity index (χ3v) is 7.33. The zero-order chi connectivity index (χ0) is 30.9. The Morgan fingerprint density at radius 1 is 0.881 bits per heavy atom. The summed E-state index contributed by atoms with van der Waals surface area (Å²) in [5.74, 6) is -3.08. The van der Waals surface area contributed by atoms with Gasteiger partial charge in [0.15, 0.2) is 0 Å². The topological polar surface area (TPSA) is 73.7 Å². The van der Waals surface area contributed by atoms with Crippen LogP contribution in [0, 0.1) is 0 Å². The van der Waals surface area contributed by atoms with Gasteiger partial charge >= 0.3 is 6.18 Å². The molecule has 4 rings (SSSR count). The number of hydrogen-bond donors (Lipinski definition) is 2. The third kappa shape index (κ3) is 10.2. The van der Waals surface area contributed by atoms with Gasteiger partial charge < -0.3 is 15.2 Å². The molecular weight excluding hydrogens is 612 g/mol. The summed E-state index contributed by atoms with van der Waals surface area (Å²) in [5, 5.41) is 14.0. The summed E-state index contributed by atoms with van der Waals surface area (Å²) in [4.78, 5) is 23.5. The summed E-state index contributed by atoms with van der Waals surface area (Å²) in [5.41, 5.74) is 3.87.